The molecular formula is C14H11F3N2O2S. The number of carbonyl (C=O) groups excluding carboxylic acids is 1. The van der Waals surface area contributed by atoms with Crippen LogP contribution in [0.1, 0.15) is 4.88 Å². The van der Waals surface area contributed by atoms with E-state index >= 15 is 0 Å². The van der Waals surface area contributed by atoms with Gasteiger partial charge in [-0.15, -0.1) is 17.9 Å². The zero-order chi connectivity index (χ0) is 16.2. The fourth-order valence-electron chi connectivity index (χ4n) is 1.59. The first kappa shape index (κ1) is 16.0. The molecule has 2 rings (SSSR count). The first-order valence-corrected chi connectivity index (χ1v) is 6.95. The highest BCUT2D eigenvalue weighted by molar-refractivity contribution is 7.10. The fourth-order valence-corrected chi connectivity index (χ4v) is 2.27. The molecule has 0 atom stereocenters. The second-order valence-electron chi connectivity index (χ2n) is 4.13. The Morgan fingerprint density at radius 1 is 1.41 bits per heavy atom. The summed E-state index contributed by atoms with van der Waals surface area (Å²) < 4.78 is 42.9. The molecule has 2 aromatic heterocycles. The molecule has 0 unspecified atom stereocenters. The lowest BCUT2D eigenvalue weighted by Crippen LogP contribution is -2.21. The van der Waals surface area contributed by atoms with Crippen LogP contribution in [0, 0.1) is 0 Å². The monoisotopic (exact) mass is 328 g/mol. The molecule has 2 aromatic rings. The Morgan fingerprint density at radius 2 is 2.18 bits per heavy atom. The predicted octanol–water partition coefficient (Wildman–Crippen LogP) is 4.10. The van der Waals surface area contributed by atoms with Gasteiger partial charge in [0.15, 0.2) is 0 Å². The van der Waals surface area contributed by atoms with Gasteiger partial charge in [0.1, 0.15) is 16.4 Å². The van der Waals surface area contributed by atoms with Crippen molar-refractivity contribution in [2.45, 2.75) is 6.18 Å². The van der Waals surface area contributed by atoms with Crippen LogP contribution in [0.5, 0.6) is 11.6 Å². The van der Waals surface area contributed by atoms with Crippen LogP contribution in [0.4, 0.5) is 19.0 Å². The maximum atomic E-state index is 12.5. The van der Waals surface area contributed by atoms with E-state index < -0.39 is 11.1 Å². The van der Waals surface area contributed by atoms with Gasteiger partial charge < -0.3 is 4.74 Å². The molecule has 0 fully saturated rings. The number of alkyl halides is 3. The number of ether oxygens (including phenoxy) is 1. The summed E-state index contributed by atoms with van der Waals surface area (Å²) in [6.45, 7) is 3.79. The number of amides is 1. The molecule has 4 nitrogen and oxygen atoms in total. The molecule has 8 heteroatoms. The lowest BCUT2D eigenvalue weighted by atomic mass is 10.4. The van der Waals surface area contributed by atoms with E-state index in [1.54, 1.807) is 12.1 Å². The zero-order valence-electron chi connectivity index (χ0n) is 11.2. The molecule has 22 heavy (non-hydrogen) atoms. The van der Waals surface area contributed by atoms with E-state index in [9.17, 15) is 18.0 Å². The molecule has 0 aliphatic heterocycles. The SMILES string of the molecule is C=CCN(C=O)c1cccc(Oc2csc(C(F)(F)F)c2)n1. The van der Waals surface area contributed by atoms with E-state index in [0.717, 1.165) is 6.07 Å². The number of rotatable bonds is 6. The number of thiophene rings is 1. The molecule has 0 saturated carbocycles. The lowest BCUT2D eigenvalue weighted by molar-refractivity contribution is -0.134. The normalized spacial score (nSPS) is 11.0. The summed E-state index contributed by atoms with van der Waals surface area (Å²) in [7, 11) is 0. The first-order valence-electron chi connectivity index (χ1n) is 6.07. The Kier molecular flexibility index (Phi) is 4.81. The van der Waals surface area contributed by atoms with Gasteiger partial charge in [0.2, 0.25) is 12.3 Å². The highest BCUT2D eigenvalue weighted by atomic mass is 32.1. The average molecular weight is 328 g/mol. The van der Waals surface area contributed by atoms with Crippen molar-refractivity contribution in [2.24, 2.45) is 0 Å². The molecular weight excluding hydrogens is 317 g/mol. The summed E-state index contributed by atoms with van der Waals surface area (Å²) in [5.41, 5.74) is 0. The minimum atomic E-state index is -4.40. The Labute approximate surface area is 128 Å². The highest BCUT2D eigenvalue weighted by Crippen LogP contribution is 2.37. The van der Waals surface area contributed by atoms with Crippen LogP contribution in [0.2, 0.25) is 0 Å². The van der Waals surface area contributed by atoms with Gasteiger partial charge in [0, 0.05) is 24.1 Å². The van der Waals surface area contributed by atoms with Gasteiger partial charge in [-0.3, -0.25) is 9.69 Å². The molecule has 116 valence electrons. The summed E-state index contributed by atoms with van der Waals surface area (Å²) in [5.74, 6) is 0.460. The summed E-state index contributed by atoms with van der Waals surface area (Å²) in [6, 6.07) is 5.57. The van der Waals surface area contributed by atoms with Gasteiger partial charge in [-0.25, -0.2) is 0 Å². The Hall–Kier alpha value is -2.35. The van der Waals surface area contributed by atoms with Crippen LogP contribution in [0.25, 0.3) is 0 Å². The van der Waals surface area contributed by atoms with Crippen LogP contribution in [-0.4, -0.2) is 17.9 Å². The number of nitrogens with zero attached hydrogens (tertiary/aromatic N) is 2. The van der Waals surface area contributed by atoms with Crippen LogP contribution >= 0.6 is 11.3 Å². The minimum Gasteiger partial charge on any atom is -0.438 e. The molecule has 0 aromatic carbocycles. The standard InChI is InChI=1S/C14H11F3N2O2S/c1-2-6-19(9-20)12-4-3-5-13(18-12)21-10-7-11(22-8-10)14(15,16)17/h2-5,7-9H,1,6H2. The number of carbonyl (C=O) groups is 1. The van der Waals surface area contributed by atoms with Gasteiger partial charge >= 0.3 is 6.18 Å². The van der Waals surface area contributed by atoms with Crippen LogP contribution in [0.15, 0.2) is 42.3 Å². The van der Waals surface area contributed by atoms with E-state index in [2.05, 4.69) is 11.6 Å². The second-order valence-corrected chi connectivity index (χ2v) is 5.04. The van der Waals surface area contributed by atoms with E-state index in [-0.39, 0.29) is 18.2 Å². The van der Waals surface area contributed by atoms with Crippen molar-refractivity contribution in [1.82, 2.24) is 4.98 Å². The lowest BCUT2D eigenvalue weighted by Gasteiger charge is -2.14. The minimum absolute atomic E-state index is 0.0448. The summed E-state index contributed by atoms with van der Waals surface area (Å²) in [6.07, 6.45) is -2.29. The molecule has 0 N–H and O–H groups in total. The maximum Gasteiger partial charge on any atom is 0.425 e. The van der Waals surface area contributed by atoms with Gasteiger partial charge in [0.25, 0.3) is 0 Å². The number of anilines is 1. The molecule has 0 saturated heterocycles. The maximum absolute atomic E-state index is 12.5. The first-order chi connectivity index (χ1) is 10.4. The van der Waals surface area contributed by atoms with Gasteiger partial charge in [-0.2, -0.15) is 18.2 Å². The third-order valence-electron chi connectivity index (χ3n) is 2.53. The van der Waals surface area contributed by atoms with Gasteiger partial charge in [0.05, 0.1) is 0 Å². The van der Waals surface area contributed by atoms with Gasteiger partial charge in [-0.1, -0.05) is 12.1 Å². The molecule has 0 radical (unpaired) electrons. The topological polar surface area (TPSA) is 42.4 Å². The van der Waals surface area contributed by atoms with Crippen molar-refractivity contribution in [3.63, 3.8) is 0 Å². The number of pyridine rings is 1. The Morgan fingerprint density at radius 3 is 2.77 bits per heavy atom. The van der Waals surface area contributed by atoms with Crippen LogP contribution in [-0.2, 0) is 11.0 Å². The molecule has 1 amide bonds. The molecule has 0 aliphatic carbocycles. The van der Waals surface area contributed by atoms with Crippen molar-refractivity contribution in [3.8, 4) is 11.6 Å². The van der Waals surface area contributed by atoms with E-state index in [0.29, 0.717) is 23.6 Å². The van der Waals surface area contributed by atoms with E-state index in [1.807, 2.05) is 0 Å². The molecule has 0 bridgehead atoms. The number of hydrogen-bond donors (Lipinski definition) is 0. The number of aromatic nitrogens is 1. The Bertz CT molecular complexity index is 670. The fraction of sp³-hybridized carbons (Fsp3) is 0.143. The summed E-state index contributed by atoms with van der Waals surface area (Å²) in [5, 5.41) is 1.25. The Balaban J connectivity index is 2.18. The van der Waals surface area contributed by atoms with Gasteiger partial charge in [-0.05, 0) is 6.07 Å². The summed E-state index contributed by atoms with van der Waals surface area (Å²) >= 11 is 0.541. The third-order valence-corrected chi connectivity index (χ3v) is 3.49. The van der Waals surface area contributed by atoms with Crippen molar-refractivity contribution >= 4 is 23.6 Å². The molecule has 2 heterocycles. The highest BCUT2D eigenvalue weighted by Gasteiger charge is 2.32. The van der Waals surface area contributed by atoms with Crippen molar-refractivity contribution in [3.05, 3.63) is 47.2 Å². The second kappa shape index (κ2) is 6.61. The molecule has 0 spiro atoms. The van der Waals surface area contributed by atoms with Crippen molar-refractivity contribution in [2.75, 3.05) is 11.4 Å². The number of hydrogen-bond acceptors (Lipinski definition) is 4. The van der Waals surface area contributed by atoms with Crippen LogP contribution < -0.4 is 9.64 Å². The zero-order valence-corrected chi connectivity index (χ0v) is 12.0. The third kappa shape index (κ3) is 3.85. The van der Waals surface area contributed by atoms with Crippen molar-refractivity contribution < 1.29 is 22.7 Å². The van der Waals surface area contributed by atoms with E-state index in [4.69, 9.17) is 4.74 Å². The van der Waals surface area contributed by atoms with Crippen molar-refractivity contribution in [1.29, 1.82) is 0 Å². The van der Waals surface area contributed by atoms with E-state index in [1.165, 1.54) is 22.4 Å². The number of halogens is 3. The van der Waals surface area contributed by atoms with Crippen LogP contribution in [0.3, 0.4) is 0 Å². The molecule has 0 aliphatic rings. The summed E-state index contributed by atoms with van der Waals surface area (Å²) in [4.78, 5) is 15.6. The largest absolute Gasteiger partial charge is 0.438 e. The quantitative estimate of drug-likeness (QED) is 0.592. The predicted molar refractivity (Wildman–Crippen MR) is 77.2 cm³/mol. The smallest absolute Gasteiger partial charge is 0.425 e. The average Bonchev–Trinajstić information content (AvgIpc) is 2.93.